The summed E-state index contributed by atoms with van der Waals surface area (Å²) >= 11 is 0. The third-order valence-corrected chi connectivity index (χ3v) is 2.39. The van der Waals surface area contributed by atoms with Crippen molar-refractivity contribution in [3.8, 4) is 11.5 Å². The zero-order valence-electron chi connectivity index (χ0n) is 9.51. The van der Waals surface area contributed by atoms with E-state index in [1.54, 1.807) is 25.4 Å². The minimum atomic E-state index is -0.0602. The van der Waals surface area contributed by atoms with E-state index in [1.807, 2.05) is 6.07 Å². The Bertz CT molecular complexity index is 528. The van der Waals surface area contributed by atoms with Gasteiger partial charge in [-0.25, -0.2) is 0 Å². The Labute approximate surface area is 98.8 Å². The summed E-state index contributed by atoms with van der Waals surface area (Å²) in [5, 5.41) is 9.59. The van der Waals surface area contributed by atoms with Crippen molar-refractivity contribution in [1.82, 2.24) is 4.98 Å². The van der Waals surface area contributed by atoms with Crippen molar-refractivity contribution in [2.75, 3.05) is 26.1 Å². The van der Waals surface area contributed by atoms with Gasteiger partial charge in [-0.05, 0) is 12.1 Å². The molecule has 5 heteroatoms. The molecule has 0 saturated carbocycles. The Balaban J connectivity index is 2.63. The maximum atomic E-state index is 8.81. The van der Waals surface area contributed by atoms with Crippen LogP contribution in [-0.2, 0) is 0 Å². The van der Waals surface area contributed by atoms with E-state index in [9.17, 15) is 0 Å². The number of methoxy groups -OCH3 is 1. The van der Waals surface area contributed by atoms with Crippen LogP contribution in [0.2, 0.25) is 0 Å². The van der Waals surface area contributed by atoms with Crippen LogP contribution in [0, 0.1) is 0 Å². The van der Waals surface area contributed by atoms with E-state index in [-0.39, 0.29) is 13.2 Å². The summed E-state index contributed by atoms with van der Waals surface area (Å²) in [5.74, 6) is 1.09. The van der Waals surface area contributed by atoms with Crippen molar-refractivity contribution in [1.29, 1.82) is 0 Å². The van der Waals surface area contributed by atoms with Crippen LogP contribution in [0.4, 0.5) is 5.69 Å². The van der Waals surface area contributed by atoms with Crippen LogP contribution in [-0.4, -0.2) is 30.4 Å². The molecule has 0 aliphatic carbocycles. The SMILES string of the molecule is COc1cc(N)c2ncccc2c1OCCO. The van der Waals surface area contributed by atoms with Crippen LogP contribution in [0.1, 0.15) is 0 Å². The molecule has 0 spiro atoms. The van der Waals surface area contributed by atoms with Crippen molar-refractivity contribution in [3.63, 3.8) is 0 Å². The lowest BCUT2D eigenvalue weighted by atomic mass is 10.1. The summed E-state index contributed by atoms with van der Waals surface area (Å²) in [6, 6.07) is 5.32. The van der Waals surface area contributed by atoms with Gasteiger partial charge in [-0.2, -0.15) is 0 Å². The van der Waals surface area contributed by atoms with Gasteiger partial charge < -0.3 is 20.3 Å². The fourth-order valence-corrected chi connectivity index (χ4v) is 1.67. The molecule has 17 heavy (non-hydrogen) atoms. The monoisotopic (exact) mass is 234 g/mol. The number of hydrogen-bond acceptors (Lipinski definition) is 5. The maximum Gasteiger partial charge on any atom is 0.170 e. The summed E-state index contributed by atoms with van der Waals surface area (Å²) in [6.45, 7) is 0.138. The number of hydrogen-bond donors (Lipinski definition) is 2. The minimum absolute atomic E-state index is 0.0602. The van der Waals surface area contributed by atoms with E-state index in [2.05, 4.69) is 4.98 Å². The highest BCUT2D eigenvalue weighted by molar-refractivity contribution is 5.96. The number of aliphatic hydroxyl groups excluding tert-OH is 1. The summed E-state index contributed by atoms with van der Waals surface area (Å²) in [4.78, 5) is 4.20. The van der Waals surface area contributed by atoms with Crippen LogP contribution in [0.3, 0.4) is 0 Å². The van der Waals surface area contributed by atoms with Crippen LogP contribution in [0.15, 0.2) is 24.4 Å². The molecule has 1 aromatic heterocycles. The molecule has 0 atom stereocenters. The highest BCUT2D eigenvalue weighted by Crippen LogP contribution is 2.38. The molecule has 0 aliphatic rings. The summed E-state index contributed by atoms with van der Waals surface area (Å²) in [5.41, 5.74) is 7.09. The Kier molecular flexibility index (Phi) is 3.30. The summed E-state index contributed by atoms with van der Waals surface area (Å²) in [6.07, 6.45) is 1.67. The van der Waals surface area contributed by atoms with Gasteiger partial charge in [0, 0.05) is 17.6 Å². The lowest BCUT2D eigenvalue weighted by Crippen LogP contribution is -2.04. The third kappa shape index (κ3) is 2.09. The van der Waals surface area contributed by atoms with Gasteiger partial charge in [0.1, 0.15) is 6.61 Å². The number of nitrogens with zero attached hydrogens (tertiary/aromatic N) is 1. The number of fused-ring (bicyclic) bond motifs is 1. The molecule has 0 aliphatic heterocycles. The van der Waals surface area contributed by atoms with Crippen molar-refractivity contribution in [2.24, 2.45) is 0 Å². The Morgan fingerprint density at radius 1 is 1.47 bits per heavy atom. The van der Waals surface area contributed by atoms with Gasteiger partial charge in [0.25, 0.3) is 0 Å². The molecule has 3 N–H and O–H groups in total. The predicted molar refractivity (Wildman–Crippen MR) is 65.3 cm³/mol. The first-order chi connectivity index (χ1) is 8.27. The normalized spacial score (nSPS) is 10.5. The van der Waals surface area contributed by atoms with Gasteiger partial charge in [-0.15, -0.1) is 0 Å². The molecule has 0 fully saturated rings. The summed E-state index contributed by atoms with van der Waals surface area (Å²) < 4.78 is 10.7. The predicted octanol–water partition coefficient (Wildman–Crippen LogP) is 1.20. The number of ether oxygens (including phenoxy) is 2. The first-order valence-corrected chi connectivity index (χ1v) is 5.22. The van der Waals surface area contributed by atoms with E-state index in [0.29, 0.717) is 22.7 Å². The van der Waals surface area contributed by atoms with Gasteiger partial charge in [-0.1, -0.05) is 0 Å². The topological polar surface area (TPSA) is 77.6 Å². The molecular formula is C12H14N2O3. The first-order valence-electron chi connectivity index (χ1n) is 5.22. The largest absolute Gasteiger partial charge is 0.493 e. The van der Waals surface area contributed by atoms with Gasteiger partial charge in [0.05, 0.1) is 24.9 Å². The second kappa shape index (κ2) is 4.88. The third-order valence-electron chi connectivity index (χ3n) is 2.39. The van der Waals surface area contributed by atoms with Crippen LogP contribution in [0.5, 0.6) is 11.5 Å². The van der Waals surface area contributed by atoms with Gasteiger partial charge in [-0.3, -0.25) is 4.98 Å². The average molecular weight is 234 g/mol. The molecule has 5 nitrogen and oxygen atoms in total. The molecule has 2 aromatic rings. The zero-order chi connectivity index (χ0) is 12.3. The van der Waals surface area contributed by atoms with Crippen molar-refractivity contribution < 1.29 is 14.6 Å². The van der Waals surface area contributed by atoms with E-state index in [0.717, 1.165) is 5.39 Å². The standard InChI is InChI=1S/C12H14N2O3/c1-16-10-7-9(13)11-8(3-2-4-14-11)12(10)17-6-5-15/h2-4,7,15H,5-6,13H2,1H3. The van der Waals surface area contributed by atoms with Crippen molar-refractivity contribution in [2.45, 2.75) is 0 Å². The molecule has 0 saturated heterocycles. The molecule has 2 rings (SSSR count). The molecule has 0 radical (unpaired) electrons. The number of aliphatic hydroxyl groups is 1. The van der Waals surface area contributed by atoms with Crippen molar-refractivity contribution >= 4 is 16.6 Å². The Hall–Kier alpha value is -2.01. The number of rotatable bonds is 4. The lowest BCUT2D eigenvalue weighted by molar-refractivity contribution is 0.198. The summed E-state index contributed by atoms with van der Waals surface area (Å²) in [7, 11) is 1.54. The highest BCUT2D eigenvalue weighted by Gasteiger charge is 2.13. The molecule has 0 unspecified atom stereocenters. The second-order valence-electron chi connectivity index (χ2n) is 3.47. The fraction of sp³-hybridized carbons (Fsp3) is 0.250. The number of anilines is 1. The number of benzene rings is 1. The fourth-order valence-electron chi connectivity index (χ4n) is 1.67. The molecule has 1 aromatic carbocycles. The average Bonchev–Trinajstić information content (AvgIpc) is 2.37. The lowest BCUT2D eigenvalue weighted by Gasteiger charge is -2.13. The van der Waals surface area contributed by atoms with Crippen LogP contribution in [0.25, 0.3) is 10.9 Å². The van der Waals surface area contributed by atoms with E-state index in [1.165, 1.54) is 0 Å². The quantitative estimate of drug-likeness (QED) is 0.777. The first kappa shape index (κ1) is 11.5. The smallest absolute Gasteiger partial charge is 0.170 e. The van der Waals surface area contributed by atoms with E-state index in [4.69, 9.17) is 20.3 Å². The van der Waals surface area contributed by atoms with Crippen LogP contribution < -0.4 is 15.2 Å². The maximum absolute atomic E-state index is 8.81. The number of nitrogen functional groups attached to an aromatic ring is 1. The van der Waals surface area contributed by atoms with E-state index >= 15 is 0 Å². The number of pyridine rings is 1. The van der Waals surface area contributed by atoms with Crippen LogP contribution >= 0.6 is 0 Å². The van der Waals surface area contributed by atoms with Gasteiger partial charge in [0.2, 0.25) is 0 Å². The molecular weight excluding hydrogens is 220 g/mol. The molecule has 1 heterocycles. The van der Waals surface area contributed by atoms with E-state index < -0.39 is 0 Å². The number of aromatic nitrogens is 1. The Morgan fingerprint density at radius 3 is 3.00 bits per heavy atom. The highest BCUT2D eigenvalue weighted by atomic mass is 16.5. The Morgan fingerprint density at radius 2 is 2.29 bits per heavy atom. The minimum Gasteiger partial charge on any atom is -0.493 e. The number of nitrogens with two attached hydrogens (primary N) is 1. The van der Waals surface area contributed by atoms with Gasteiger partial charge >= 0.3 is 0 Å². The molecule has 0 bridgehead atoms. The molecule has 90 valence electrons. The zero-order valence-corrected chi connectivity index (χ0v) is 9.51. The van der Waals surface area contributed by atoms with Gasteiger partial charge in [0.15, 0.2) is 11.5 Å². The van der Waals surface area contributed by atoms with Crippen molar-refractivity contribution in [3.05, 3.63) is 24.4 Å². The molecule has 0 amide bonds. The second-order valence-corrected chi connectivity index (χ2v) is 3.47.